The highest BCUT2D eigenvalue weighted by Crippen LogP contribution is 2.33. The van der Waals surface area contributed by atoms with Gasteiger partial charge in [-0.25, -0.2) is 0 Å². The zero-order chi connectivity index (χ0) is 11.6. The molecule has 0 aliphatic carbocycles. The summed E-state index contributed by atoms with van der Waals surface area (Å²) in [7, 11) is 1.97. The lowest BCUT2D eigenvalue weighted by atomic mass is 9.94. The number of aromatic nitrogens is 2. The molecule has 1 aliphatic heterocycles. The summed E-state index contributed by atoms with van der Waals surface area (Å²) in [5.41, 5.74) is -0.0835. The Labute approximate surface area is 96.2 Å². The molecule has 90 valence electrons. The van der Waals surface area contributed by atoms with E-state index in [-0.39, 0.29) is 5.54 Å². The second kappa shape index (κ2) is 4.41. The number of hydrogen-bond donors (Lipinski definition) is 1. The van der Waals surface area contributed by atoms with E-state index in [9.17, 15) is 0 Å². The SMILES string of the molecule is CCN(C)c1noc(C2(CC)CCCN2)n1. The second-order valence-electron chi connectivity index (χ2n) is 4.38. The van der Waals surface area contributed by atoms with E-state index in [1.54, 1.807) is 0 Å². The number of anilines is 1. The Morgan fingerprint density at radius 1 is 1.50 bits per heavy atom. The zero-order valence-electron chi connectivity index (χ0n) is 10.3. The molecule has 0 bridgehead atoms. The van der Waals surface area contributed by atoms with Crippen LogP contribution in [-0.4, -0.2) is 30.3 Å². The van der Waals surface area contributed by atoms with E-state index in [4.69, 9.17) is 4.52 Å². The number of rotatable bonds is 4. The molecule has 5 heteroatoms. The molecule has 1 fully saturated rings. The fraction of sp³-hybridized carbons (Fsp3) is 0.818. The smallest absolute Gasteiger partial charge is 0.265 e. The summed E-state index contributed by atoms with van der Waals surface area (Å²) in [6.07, 6.45) is 3.25. The Bertz CT molecular complexity index is 344. The standard InChI is InChI=1S/C11H20N4O/c1-4-11(7-6-8-12-11)9-13-10(14-16-9)15(3)5-2/h12H,4-8H2,1-3H3. The lowest BCUT2D eigenvalue weighted by molar-refractivity contribution is 0.250. The summed E-state index contributed by atoms with van der Waals surface area (Å²) >= 11 is 0. The van der Waals surface area contributed by atoms with Crippen LogP contribution in [0.15, 0.2) is 4.52 Å². The molecule has 5 nitrogen and oxygen atoms in total. The topological polar surface area (TPSA) is 54.2 Å². The molecular weight excluding hydrogens is 204 g/mol. The van der Waals surface area contributed by atoms with Crippen LogP contribution >= 0.6 is 0 Å². The van der Waals surface area contributed by atoms with Crippen LogP contribution in [0.3, 0.4) is 0 Å². The van der Waals surface area contributed by atoms with E-state index < -0.39 is 0 Å². The van der Waals surface area contributed by atoms with Crippen LogP contribution in [0.25, 0.3) is 0 Å². The second-order valence-corrected chi connectivity index (χ2v) is 4.38. The largest absolute Gasteiger partial charge is 0.342 e. The van der Waals surface area contributed by atoms with Gasteiger partial charge in [0.05, 0.1) is 5.54 Å². The van der Waals surface area contributed by atoms with Gasteiger partial charge in [-0.3, -0.25) is 0 Å². The van der Waals surface area contributed by atoms with Gasteiger partial charge in [0, 0.05) is 13.6 Å². The number of nitrogens with one attached hydrogen (secondary N) is 1. The number of hydrogen-bond acceptors (Lipinski definition) is 5. The Morgan fingerprint density at radius 3 is 2.88 bits per heavy atom. The molecule has 1 saturated heterocycles. The molecule has 0 radical (unpaired) electrons. The Kier molecular flexibility index (Phi) is 3.14. The number of nitrogens with zero attached hydrogens (tertiary/aromatic N) is 3. The van der Waals surface area contributed by atoms with Crippen LogP contribution in [0.2, 0.25) is 0 Å². The van der Waals surface area contributed by atoms with Crippen molar-refractivity contribution < 1.29 is 4.52 Å². The van der Waals surface area contributed by atoms with Gasteiger partial charge >= 0.3 is 0 Å². The van der Waals surface area contributed by atoms with Crippen molar-refractivity contribution in [3.63, 3.8) is 0 Å². The van der Waals surface area contributed by atoms with Crippen molar-refractivity contribution in [2.45, 2.75) is 38.6 Å². The first-order chi connectivity index (χ1) is 7.72. The van der Waals surface area contributed by atoms with Crippen molar-refractivity contribution in [2.75, 3.05) is 25.0 Å². The van der Waals surface area contributed by atoms with E-state index >= 15 is 0 Å². The van der Waals surface area contributed by atoms with Gasteiger partial charge in [-0.2, -0.15) is 4.98 Å². The van der Waals surface area contributed by atoms with Gasteiger partial charge in [-0.1, -0.05) is 6.92 Å². The molecule has 1 atom stereocenters. The molecule has 2 rings (SSSR count). The Hall–Kier alpha value is -1.10. The van der Waals surface area contributed by atoms with Gasteiger partial charge in [0.1, 0.15) is 0 Å². The van der Waals surface area contributed by atoms with Crippen LogP contribution in [0.1, 0.15) is 39.0 Å². The van der Waals surface area contributed by atoms with Crippen molar-refractivity contribution in [3.05, 3.63) is 5.89 Å². The molecule has 0 amide bonds. The van der Waals surface area contributed by atoms with E-state index in [1.165, 1.54) is 6.42 Å². The first-order valence-corrected chi connectivity index (χ1v) is 6.02. The molecule has 1 aromatic rings. The monoisotopic (exact) mass is 224 g/mol. The van der Waals surface area contributed by atoms with Crippen LogP contribution in [0.5, 0.6) is 0 Å². The normalized spacial score (nSPS) is 24.9. The minimum absolute atomic E-state index is 0.0835. The van der Waals surface area contributed by atoms with Crippen molar-refractivity contribution in [2.24, 2.45) is 0 Å². The summed E-state index contributed by atoms with van der Waals surface area (Å²) in [6, 6.07) is 0. The molecule has 0 spiro atoms. The predicted octanol–water partition coefficient (Wildman–Crippen LogP) is 1.51. The molecule has 0 saturated carbocycles. The van der Waals surface area contributed by atoms with Gasteiger partial charge < -0.3 is 14.7 Å². The average molecular weight is 224 g/mol. The van der Waals surface area contributed by atoms with Gasteiger partial charge in [0.15, 0.2) is 0 Å². The summed E-state index contributed by atoms with van der Waals surface area (Å²) in [6.45, 7) is 6.14. The first kappa shape index (κ1) is 11.4. The highest BCUT2D eigenvalue weighted by molar-refractivity contribution is 5.26. The molecule has 1 unspecified atom stereocenters. The Balaban J connectivity index is 2.23. The lowest BCUT2D eigenvalue weighted by Gasteiger charge is -2.22. The average Bonchev–Trinajstić information content (AvgIpc) is 2.96. The Morgan fingerprint density at radius 2 is 2.31 bits per heavy atom. The zero-order valence-corrected chi connectivity index (χ0v) is 10.3. The summed E-state index contributed by atoms with van der Waals surface area (Å²) in [4.78, 5) is 6.47. The van der Waals surface area contributed by atoms with Crippen LogP contribution in [0.4, 0.5) is 5.95 Å². The quantitative estimate of drug-likeness (QED) is 0.840. The van der Waals surface area contributed by atoms with Gasteiger partial charge in [-0.05, 0) is 37.9 Å². The highest BCUT2D eigenvalue weighted by atomic mass is 16.5. The molecule has 16 heavy (non-hydrogen) atoms. The first-order valence-electron chi connectivity index (χ1n) is 6.02. The van der Waals surface area contributed by atoms with Gasteiger partial charge in [0.2, 0.25) is 5.89 Å². The maximum absolute atomic E-state index is 5.40. The third-order valence-electron chi connectivity index (χ3n) is 3.49. The third kappa shape index (κ3) is 1.80. The van der Waals surface area contributed by atoms with Crippen LogP contribution in [0, 0.1) is 0 Å². The molecule has 1 N–H and O–H groups in total. The molecule has 1 aromatic heterocycles. The van der Waals surface area contributed by atoms with E-state index in [0.717, 1.165) is 31.8 Å². The van der Waals surface area contributed by atoms with Crippen LogP contribution in [-0.2, 0) is 5.54 Å². The van der Waals surface area contributed by atoms with Crippen molar-refractivity contribution in [1.29, 1.82) is 0 Å². The van der Waals surface area contributed by atoms with Crippen LogP contribution < -0.4 is 10.2 Å². The van der Waals surface area contributed by atoms with Crippen molar-refractivity contribution in [3.8, 4) is 0 Å². The van der Waals surface area contributed by atoms with Gasteiger partial charge in [0.25, 0.3) is 5.95 Å². The minimum Gasteiger partial charge on any atom is -0.342 e. The van der Waals surface area contributed by atoms with E-state index in [0.29, 0.717) is 5.95 Å². The minimum atomic E-state index is -0.0835. The molecule has 0 aromatic carbocycles. The van der Waals surface area contributed by atoms with Crippen molar-refractivity contribution in [1.82, 2.24) is 15.5 Å². The lowest BCUT2D eigenvalue weighted by Crippen LogP contribution is -2.36. The third-order valence-corrected chi connectivity index (χ3v) is 3.49. The fourth-order valence-electron chi connectivity index (χ4n) is 2.15. The highest BCUT2D eigenvalue weighted by Gasteiger charge is 2.39. The molecular formula is C11H20N4O. The predicted molar refractivity (Wildman–Crippen MR) is 62.4 cm³/mol. The maximum Gasteiger partial charge on any atom is 0.265 e. The van der Waals surface area contributed by atoms with E-state index in [2.05, 4.69) is 29.3 Å². The molecule has 1 aliphatic rings. The summed E-state index contributed by atoms with van der Waals surface area (Å²) < 4.78 is 5.40. The van der Waals surface area contributed by atoms with E-state index in [1.807, 2.05) is 11.9 Å². The fourth-order valence-corrected chi connectivity index (χ4v) is 2.15. The summed E-state index contributed by atoms with van der Waals surface area (Å²) in [5.74, 6) is 1.42. The molecule has 2 heterocycles. The maximum atomic E-state index is 5.40. The van der Waals surface area contributed by atoms with Gasteiger partial charge in [-0.15, -0.1) is 0 Å². The van der Waals surface area contributed by atoms with Crippen molar-refractivity contribution >= 4 is 5.95 Å². The summed E-state index contributed by atoms with van der Waals surface area (Å²) in [5, 5.41) is 7.52.